The largest absolute Gasteiger partial charge is 0.497 e. The van der Waals surface area contributed by atoms with E-state index in [-0.39, 0.29) is 24.9 Å². The fourth-order valence-electron chi connectivity index (χ4n) is 3.07. The molecule has 7 heteroatoms. The third kappa shape index (κ3) is 6.49. The van der Waals surface area contributed by atoms with Crippen LogP contribution in [0.3, 0.4) is 0 Å². The van der Waals surface area contributed by atoms with E-state index in [1.165, 1.54) is 22.5 Å². The van der Waals surface area contributed by atoms with Gasteiger partial charge in [-0.1, -0.05) is 24.3 Å². The summed E-state index contributed by atoms with van der Waals surface area (Å²) in [4.78, 5) is 12.3. The minimum absolute atomic E-state index is 0.102. The van der Waals surface area contributed by atoms with Gasteiger partial charge < -0.3 is 10.1 Å². The second kappa shape index (κ2) is 9.78. The van der Waals surface area contributed by atoms with Crippen molar-refractivity contribution in [3.8, 4) is 5.75 Å². The molecule has 0 bridgehead atoms. The highest BCUT2D eigenvalue weighted by atomic mass is 32.2. The average molecular weight is 419 g/mol. The van der Waals surface area contributed by atoms with Crippen molar-refractivity contribution < 1.29 is 17.9 Å². The van der Waals surface area contributed by atoms with Crippen molar-refractivity contribution in [2.24, 2.45) is 0 Å². The van der Waals surface area contributed by atoms with E-state index in [1.54, 1.807) is 24.3 Å². The van der Waals surface area contributed by atoms with Crippen LogP contribution in [0.2, 0.25) is 0 Å². The van der Waals surface area contributed by atoms with Crippen LogP contribution in [-0.4, -0.2) is 34.2 Å². The van der Waals surface area contributed by atoms with E-state index >= 15 is 0 Å². The summed E-state index contributed by atoms with van der Waals surface area (Å²) in [7, 11) is -1.94. The van der Waals surface area contributed by atoms with Crippen LogP contribution in [0.4, 0.5) is 5.69 Å². The Morgan fingerprint density at radius 2 is 1.86 bits per heavy atom. The van der Waals surface area contributed by atoms with Crippen molar-refractivity contribution in [1.82, 2.24) is 5.32 Å². The van der Waals surface area contributed by atoms with Gasteiger partial charge in [0, 0.05) is 19.0 Å². The molecule has 1 amide bonds. The van der Waals surface area contributed by atoms with E-state index in [4.69, 9.17) is 4.74 Å². The second-order valence-corrected chi connectivity index (χ2v) is 9.18. The molecule has 0 aliphatic carbocycles. The van der Waals surface area contributed by atoms with Gasteiger partial charge >= 0.3 is 0 Å². The number of hydrogen-bond acceptors (Lipinski definition) is 4. The van der Waals surface area contributed by atoms with Crippen molar-refractivity contribution in [2.75, 3.05) is 24.2 Å². The van der Waals surface area contributed by atoms with Gasteiger partial charge in [-0.3, -0.25) is 9.10 Å². The number of carbonyl (C=O) groups is 1. The summed E-state index contributed by atoms with van der Waals surface area (Å²) in [5.41, 5.74) is 3.97. The topological polar surface area (TPSA) is 75.7 Å². The van der Waals surface area contributed by atoms with E-state index < -0.39 is 10.0 Å². The first-order chi connectivity index (χ1) is 13.6. The molecule has 1 N–H and O–H groups in total. The van der Waals surface area contributed by atoms with E-state index in [0.717, 1.165) is 11.8 Å². The maximum absolute atomic E-state index is 12.3. The SMILES string of the molecule is COc1cccc(N(CCCC(=O)NC(C)c2ccc(C)c(C)c2)S(C)(=O)=O)c1. The molecule has 0 aliphatic heterocycles. The molecular formula is C22H30N2O4S. The Labute approximate surface area is 173 Å². The molecule has 29 heavy (non-hydrogen) atoms. The minimum atomic E-state index is -3.47. The summed E-state index contributed by atoms with van der Waals surface area (Å²) in [5.74, 6) is 0.478. The van der Waals surface area contributed by atoms with Gasteiger partial charge in [-0.15, -0.1) is 0 Å². The molecule has 0 heterocycles. The Morgan fingerprint density at radius 1 is 1.14 bits per heavy atom. The lowest BCUT2D eigenvalue weighted by atomic mass is 10.0. The lowest BCUT2D eigenvalue weighted by Crippen LogP contribution is -2.32. The van der Waals surface area contributed by atoms with Crippen molar-refractivity contribution in [3.05, 3.63) is 59.2 Å². The number of methoxy groups -OCH3 is 1. The molecule has 2 rings (SSSR count). The summed E-state index contributed by atoms with van der Waals surface area (Å²) >= 11 is 0. The maximum atomic E-state index is 12.3. The quantitative estimate of drug-likeness (QED) is 0.673. The van der Waals surface area contributed by atoms with Crippen LogP contribution in [-0.2, 0) is 14.8 Å². The normalized spacial score (nSPS) is 12.3. The molecule has 0 saturated heterocycles. The van der Waals surface area contributed by atoms with Crippen LogP contribution in [0, 0.1) is 13.8 Å². The molecule has 0 fully saturated rings. The highest BCUT2D eigenvalue weighted by Gasteiger charge is 2.18. The number of amides is 1. The molecule has 158 valence electrons. The number of benzene rings is 2. The Morgan fingerprint density at radius 3 is 2.48 bits per heavy atom. The summed E-state index contributed by atoms with van der Waals surface area (Å²) < 4.78 is 30.9. The monoisotopic (exact) mass is 418 g/mol. The van der Waals surface area contributed by atoms with Crippen LogP contribution in [0.25, 0.3) is 0 Å². The zero-order valence-corrected chi connectivity index (χ0v) is 18.5. The number of carbonyl (C=O) groups excluding carboxylic acids is 1. The maximum Gasteiger partial charge on any atom is 0.232 e. The molecule has 0 radical (unpaired) electrons. The van der Waals surface area contributed by atoms with E-state index in [1.807, 2.05) is 26.0 Å². The number of rotatable bonds is 9. The third-order valence-electron chi connectivity index (χ3n) is 4.92. The number of ether oxygens (including phenoxy) is 1. The average Bonchev–Trinajstić information content (AvgIpc) is 2.66. The smallest absolute Gasteiger partial charge is 0.232 e. The Hall–Kier alpha value is -2.54. The van der Waals surface area contributed by atoms with Crippen molar-refractivity contribution in [3.63, 3.8) is 0 Å². The first-order valence-corrected chi connectivity index (χ1v) is 11.4. The molecule has 6 nitrogen and oxygen atoms in total. The summed E-state index contributed by atoms with van der Waals surface area (Å²) in [6.07, 6.45) is 1.81. The van der Waals surface area contributed by atoms with Crippen LogP contribution in [0.15, 0.2) is 42.5 Å². The molecule has 2 aromatic carbocycles. The van der Waals surface area contributed by atoms with Crippen molar-refractivity contribution in [2.45, 2.75) is 39.7 Å². The molecule has 0 aliphatic rings. The van der Waals surface area contributed by atoms with Gasteiger partial charge in [0.25, 0.3) is 0 Å². The van der Waals surface area contributed by atoms with Gasteiger partial charge in [-0.05, 0) is 56.0 Å². The second-order valence-electron chi connectivity index (χ2n) is 7.27. The molecule has 0 aromatic heterocycles. The first kappa shape index (κ1) is 22.7. The van der Waals surface area contributed by atoms with Crippen LogP contribution in [0.5, 0.6) is 5.75 Å². The Bertz CT molecular complexity index is 957. The number of nitrogens with zero attached hydrogens (tertiary/aromatic N) is 1. The number of nitrogens with one attached hydrogen (secondary N) is 1. The van der Waals surface area contributed by atoms with Gasteiger partial charge in [0.2, 0.25) is 15.9 Å². The van der Waals surface area contributed by atoms with Crippen molar-refractivity contribution >= 4 is 21.6 Å². The number of sulfonamides is 1. The lowest BCUT2D eigenvalue weighted by Gasteiger charge is -2.23. The fraction of sp³-hybridized carbons (Fsp3) is 0.409. The summed E-state index contributed by atoms with van der Waals surface area (Å²) in [5, 5.41) is 2.99. The van der Waals surface area contributed by atoms with Crippen LogP contribution in [0.1, 0.15) is 42.5 Å². The molecule has 1 atom stereocenters. The number of aryl methyl sites for hydroxylation is 2. The zero-order chi connectivity index (χ0) is 21.6. The Balaban J connectivity index is 1.96. The molecule has 0 saturated carbocycles. The van der Waals surface area contributed by atoms with E-state index in [2.05, 4.69) is 18.3 Å². The summed E-state index contributed by atoms with van der Waals surface area (Å²) in [6.45, 7) is 6.27. The predicted molar refractivity (Wildman–Crippen MR) is 117 cm³/mol. The van der Waals surface area contributed by atoms with Gasteiger partial charge in [0.1, 0.15) is 5.75 Å². The standard InChI is InChI=1S/C22H30N2O4S/c1-16-11-12-19(14-17(16)2)18(3)23-22(25)10-7-13-24(29(5,26)27)20-8-6-9-21(15-20)28-4/h6,8-9,11-12,14-15,18H,7,10,13H2,1-5H3,(H,23,25). The molecule has 2 aromatic rings. The predicted octanol–water partition coefficient (Wildman–Crippen LogP) is 3.74. The van der Waals surface area contributed by atoms with Gasteiger partial charge in [0.15, 0.2) is 0 Å². The third-order valence-corrected chi connectivity index (χ3v) is 6.11. The zero-order valence-electron chi connectivity index (χ0n) is 17.7. The molecule has 1 unspecified atom stereocenters. The van der Waals surface area contributed by atoms with E-state index in [9.17, 15) is 13.2 Å². The fourth-order valence-corrected chi connectivity index (χ4v) is 4.02. The van der Waals surface area contributed by atoms with Crippen molar-refractivity contribution in [1.29, 1.82) is 0 Å². The summed E-state index contributed by atoms with van der Waals surface area (Å²) in [6, 6.07) is 12.9. The lowest BCUT2D eigenvalue weighted by molar-refractivity contribution is -0.121. The van der Waals surface area contributed by atoms with Crippen LogP contribution < -0.4 is 14.4 Å². The Kier molecular flexibility index (Phi) is 7.67. The number of hydrogen-bond donors (Lipinski definition) is 1. The molecule has 0 spiro atoms. The van der Waals surface area contributed by atoms with Crippen LogP contribution >= 0.6 is 0 Å². The molecular weight excluding hydrogens is 388 g/mol. The highest BCUT2D eigenvalue weighted by molar-refractivity contribution is 7.92. The van der Waals surface area contributed by atoms with Gasteiger partial charge in [-0.25, -0.2) is 8.42 Å². The van der Waals surface area contributed by atoms with Gasteiger partial charge in [0.05, 0.1) is 25.1 Å². The first-order valence-electron chi connectivity index (χ1n) is 9.60. The number of anilines is 1. The highest BCUT2D eigenvalue weighted by Crippen LogP contribution is 2.23. The van der Waals surface area contributed by atoms with Gasteiger partial charge in [-0.2, -0.15) is 0 Å². The minimum Gasteiger partial charge on any atom is -0.497 e. The van der Waals surface area contributed by atoms with E-state index in [0.29, 0.717) is 17.9 Å².